The van der Waals surface area contributed by atoms with Crippen LogP contribution in [0.25, 0.3) is 11.0 Å². The molecule has 196 valence electrons. The average molecular weight is 520 g/mol. The number of nitrogens with zero attached hydrogens (tertiary/aromatic N) is 5. The van der Waals surface area contributed by atoms with Crippen molar-refractivity contribution in [2.24, 2.45) is 0 Å². The summed E-state index contributed by atoms with van der Waals surface area (Å²) in [4.78, 5) is 38.7. The third kappa shape index (κ3) is 5.27. The van der Waals surface area contributed by atoms with E-state index in [1.165, 1.54) is 18.2 Å². The Labute approximate surface area is 209 Å². The molecule has 0 unspecified atom stereocenters. The molecule has 9 nitrogen and oxygen atoms in total. The Hall–Kier alpha value is -3.58. The van der Waals surface area contributed by atoms with Gasteiger partial charge >= 0.3 is 0 Å². The summed E-state index contributed by atoms with van der Waals surface area (Å²) in [5, 5.41) is 1.05. The summed E-state index contributed by atoms with van der Waals surface area (Å²) in [5.41, 5.74) is 3.43. The Balaban J connectivity index is 1.20. The van der Waals surface area contributed by atoms with Gasteiger partial charge in [0.1, 0.15) is 16.9 Å². The van der Waals surface area contributed by atoms with Crippen LogP contribution in [-0.4, -0.2) is 76.0 Å². The van der Waals surface area contributed by atoms with Crippen LogP contribution in [0.15, 0.2) is 29.1 Å². The van der Waals surface area contributed by atoms with E-state index in [0.717, 1.165) is 5.01 Å². The number of pyridine rings is 1. The van der Waals surface area contributed by atoms with E-state index >= 15 is 0 Å². The van der Waals surface area contributed by atoms with Crippen molar-refractivity contribution in [2.75, 3.05) is 44.2 Å². The Morgan fingerprint density at radius 3 is 2.49 bits per heavy atom. The fourth-order valence-corrected chi connectivity index (χ4v) is 4.56. The van der Waals surface area contributed by atoms with Gasteiger partial charge in [0.2, 0.25) is 5.95 Å². The number of benzene rings is 1. The normalized spacial score (nSPS) is 18.1. The van der Waals surface area contributed by atoms with Gasteiger partial charge in [-0.2, -0.15) is 4.39 Å². The van der Waals surface area contributed by atoms with Crippen LogP contribution in [0.3, 0.4) is 0 Å². The minimum absolute atomic E-state index is 0.132. The summed E-state index contributed by atoms with van der Waals surface area (Å²) in [5.74, 6) is -4.92. The van der Waals surface area contributed by atoms with Gasteiger partial charge in [-0.25, -0.2) is 28.1 Å². The van der Waals surface area contributed by atoms with E-state index in [9.17, 15) is 27.2 Å². The number of carbonyl (C=O) groups is 1. The van der Waals surface area contributed by atoms with Gasteiger partial charge in [-0.05, 0) is 36.2 Å². The average Bonchev–Trinajstić information content (AvgIpc) is 2.83. The number of rotatable bonds is 6. The van der Waals surface area contributed by atoms with E-state index in [0.29, 0.717) is 50.2 Å². The van der Waals surface area contributed by atoms with Gasteiger partial charge in [-0.3, -0.25) is 19.9 Å². The van der Waals surface area contributed by atoms with Crippen molar-refractivity contribution < 1.29 is 22.4 Å². The van der Waals surface area contributed by atoms with Crippen LogP contribution >= 0.6 is 0 Å². The summed E-state index contributed by atoms with van der Waals surface area (Å²) in [6.07, 6.45) is 0.406. The lowest BCUT2D eigenvalue weighted by molar-refractivity contribution is -0.144. The standard InChI is InChI=1S/C24H25F4N7O2/c1-2-16-22(36)31-18-10-14(9-15(25)20(18)29-16)11-33-5-7-34(8-6-33)19-4-3-17(30-21(19)26)23(37)32-35-12-24(27,28)13-35/h3-4,9-10H,2,5-8,11-13H2,1H3,(H,31,36)(H,32,37). The van der Waals surface area contributed by atoms with Crippen molar-refractivity contribution in [2.45, 2.75) is 25.8 Å². The Bertz CT molecular complexity index is 1400. The molecule has 1 aromatic carbocycles. The number of anilines is 1. The molecule has 13 heteroatoms. The molecule has 2 aliphatic rings. The van der Waals surface area contributed by atoms with E-state index < -0.39 is 36.7 Å². The van der Waals surface area contributed by atoms with Gasteiger partial charge in [-0.1, -0.05) is 6.92 Å². The number of carbonyl (C=O) groups excluding carboxylic acids is 1. The first-order chi connectivity index (χ1) is 17.6. The van der Waals surface area contributed by atoms with Crippen molar-refractivity contribution in [3.63, 3.8) is 0 Å². The van der Waals surface area contributed by atoms with Gasteiger partial charge < -0.3 is 9.88 Å². The van der Waals surface area contributed by atoms with Crippen LogP contribution < -0.4 is 15.9 Å². The molecular formula is C24H25F4N7O2. The van der Waals surface area contributed by atoms with Crippen LogP contribution in [0.4, 0.5) is 23.2 Å². The summed E-state index contributed by atoms with van der Waals surface area (Å²) < 4.78 is 55.2. The summed E-state index contributed by atoms with van der Waals surface area (Å²) in [6.45, 7) is 3.11. The number of nitrogens with one attached hydrogen (secondary N) is 2. The molecule has 0 aliphatic carbocycles. The molecule has 3 aromatic rings. The number of piperazine rings is 1. The van der Waals surface area contributed by atoms with Crippen LogP contribution in [0.5, 0.6) is 0 Å². The Morgan fingerprint density at radius 2 is 1.84 bits per heavy atom. The number of aromatic amines is 1. The van der Waals surface area contributed by atoms with Gasteiger partial charge in [-0.15, -0.1) is 0 Å². The number of hydrogen-bond donors (Lipinski definition) is 2. The number of halogens is 4. The number of hydrazine groups is 1. The second-order valence-corrected chi connectivity index (χ2v) is 9.26. The van der Waals surface area contributed by atoms with Crippen LogP contribution in [0.1, 0.15) is 28.7 Å². The minimum Gasteiger partial charge on any atom is -0.365 e. The van der Waals surface area contributed by atoms with Gasteiger partial charge in [0.15, 0.2) is 5.82 Å². The molecule has 2 N–H and O–H groups in total. The number of amides is 1. The number of fused-ring (bicyclic) bond motifs is 1. The largest absolute Gasteiger partial charge is 0.365 e. The molecule has 1 amide bonds. The first kappa shape index (κ1) is 25.1. The summed E-state index contributed by atoms with van der Waals surface area (Å²) >= 11 is 0. The zero-order valence-electron chi connectivity index (χ0n) is 20.0. The molecule has 5 rings (SSSR count). The highest BCUT2D eigenvalue weighted by atomic mass is 19.3. The maximum absolute atomic E-state index is 14.7. The third-order valence-corrected chi connectivity index (χ3v) is 6.50. The first-order valence-corrected chi connectivity index (χ1v) is 11.9. The van der Waals surface area contributed by atoms with Gasteiger partial charge in [0.25, 0.3) is 17.4 Å². The number of aromatic nitrogens is 3. The maximum atomic E-state index is 14.7. The molecule has 37 heavy (non-hydrogen) atoms. The predicted molar refractivity (Wildman–Crippen MR) is 127 cm³/mol. The minimum atomic E-state index is -2.84. The molecule has 4 heterocycles. The van der Waals surface area contributed by atoms with Crippen molar-refractivity contribution in [1.29, 1.82) is 0 Å². The lowest BCUT2D eigenvalue weighted by atomic mass is 10.1. The topological polar surface area (TPSA) is 97.5 Å². The quantitative estimate of drug-likeness (QED) is 0.380. The fourth-order valence-electron chi connectivity index (χ4n) is 4.56. The monoisotopic (exact) mass is 519 g/mol. The molecule has 2 aromatic heterocycles. The van der Waals surface area contributed by atoms with Crippen LogP contribution in [0.2, 0.25) is 0 Å². The van der Waals surface area contributed by atoms with E-state index in [2.05, 4.69) is 25.3 Å². The Morgan fingerprint density at radius 1 is 1.11 bits per heavy atom. The highest BCUT2D eigenvalue weighted by molar-refractivity contribution is 5.92. The highest BCUT2D eigenvalue weighted by Gasteiger charge is 2.44. The summed E-state index contributed by atoms with van der Waals surface area (Å²) in [6, 6.07) is 5.93. The second kappa shape index (κ2) is 9.71. The van der Waals surface area contributed by atoms with Crippen LogP contribution in [-0.2, 0) is 13.0 Å². The highest BCUT2D eigenvalue weighted by Crippen LogP contribution is 2.25. The number of alkyl halides is 2. The van der Waals surface area contributed by atoms with Crippen molar-refractivity contribution in [3.05, 3.63) is 63.3 Å². The lowest BCUT2D eigenvalue weighted by Crippen LogP contribution is -2.62. The van der Waals surface area contributed by atoms with E-state index in [-0.39, 0.29) is 28.2 Å². The van der Waals surface area contributed by atoms with E-state index in [1.54, 1.807) is 17.9 Å². The molecule has 2 fully saturated rings. The molecule has 2 aliphatic heterocycles. The van der Waals surface area contributed by atoms with Gasteiger partial charge in [0.05, 0.1) is 24.3 Å². The molecule has 0 saturated carbocycles. The molecule has 0 bridgehead atoms. The summed E-state index contributed by atoms with van der Waals surface area (Å²) in [7, 11) is 0. The second-order valence-electron chi connectivity index (χ2n) is 9.26. The number of aryl methyl sites for hydroxylation is 1. The maximum Gasteiger partial charge on any atom is 0.284 e. The predicted octanol–water partition coefficient (Wildman–Crippen LogP) is 2.08. The SMILES string of the molecule is CCc1nc2c(F)cc(CN3CCN(c4ccc(C(=O)NN5CC(F)(F)C5)nc4F)CC3)cc2[nH]c1=O. The smallest absolute Gasteiger partial charge is 0.284 e. The molecular weight excluding hydrogens is 494 g/mol. The third-order valence-electron chi connectivity index (χ3n) is 6.50. The van der Waals surface area contributed by atoms with Crippen molar-refractivity contribution in [3.8, 4) is 0 Å². The number of hydrogen-bond acceptors (Lipinski definition) is 7. The van der Waals surface area contributed by atoms with E-state index in [4.69, 9.17) is 0 Å². The molecule has 0 spiro atoms. The van der Waals surface area contributed by atoms with Gasteiger partial charge in [0, 0.05) is 32.7 Å². The molecule has 0 atom stereocenters. The Kier molecular flexibility index (Phi) is 6.58. The van der Waals surface area contributed by atoms with E-state index in [1.807, 2.05) is 0 Å². The van der Waals surface area contributed by atoms with Crippen LogP contribution in [0, 0.1) is 11.8 Å². The first-order valence-electron chi connectivity index (χ1n) is 11.9. The lowest BCUT2D eigenvalue weighted by Gasteiger charge is -2.38. The number of H-pyrrole nitrogens is 1. The van der Waals surface area contributed by atoms with Crippen molar-refractivity contribution >= 4 is 22.6 Å². The molecule has 0 radical (unpaired) electrons. The van der Waals surface area contributed by atoms with Crippen molar-refractivity contribution in [1.82, 2.24) is 30.3 Å². The zero-order valence-corrected chi connectivity index (χ0v) is 20.0. The fraction of sp³-hybridized carbons (Fsp3) is 0.417. The molecule has 2 saturated heterocycles. The zero-order chi connectivity index (χ0) is 26.3.